The fourth-order valence-corrected chi connectivity index (χ4v) is 3.40. The van der Waals surface area contributed by atoms with Crippen molar-refractivity contribution < 1.29 is 9.53 Å². The number of ether oxygens (including phenoxy) is 1. The van der Waals surface area contributed by atoms with E-state index in [-0.39, 0.29) is 17.0 Å². The monoisotopic (exact) mass is 345 g/mol. The van der Waals surface area contributed by atoms with E-state index in [0.717, 1.165) is 17.1 Å². The Bertz CT molecular complexity index is 819. The Hall–Kier alpha value is -2.28. The zero-order chi connectivity index (χ0) is 17.1. The van der Waals surface area contributed by atoms with Crippen LogP contribution in [0.5, 0.6) is 5.75 Å². The van der Waals surface area contributed by atoms with Crippen LogP contribution in [-0.4, -0.2) is 46.3 Å². The maximum atomic E-state index is 12.5. The van der Waals surface area contributed by atoms with E-state index in [9.17, 15) is 9.59 Å². The van der Waals surface area contributed by atoms with Crippen molar-refractivity contribution in [3.8, 4) is 5.75 Å². The van der Waals surface area contributed by atoms with Crippen LogP contribution in [0.15, 0.2) is 40.4 Å². The summed E-state index contributed by atoms with van der Waals surface area (Å²) >= 11 is 1.53. The number of aryl methyl sites for hydroxylation is 1. The topological polar surface area (TPSA) is 64.4 Å². The van der Waals surface area contributed by atoms with Gasteiger partial charge in [0.05, 0.1) is 6.54 Å². The van der Waals surface area contributed by atoms with Gasteiger partial charge in [-0.15, -0.1) is 0 Å². The normalized spacial score (nSPS) is 12.8. The quantitative estimate of drug-likeness (QED) is 0.773. The molecule has 0 spiro atoms. The molecule has 0 radical (unpaired) electrons. The van der Waals surface area contributed by atoms with E-state index in [1.807, 2.05) is 31.2 Å². The molecule has 3 rings (SSSR count). The summed E-state index contributed by atoms with van der Waals surface area (Å²) in [7, 11) is 1.66. The Balaban J connectivity index is 1.63. The number of benzene rings is 1. The number of fused-ring (bicyclic) bond motifs is 1. The van der Waals surface area contributed by atoms with Gasteiger partial charge < -0.3 is 9.64 Å². The Morgan fingerprint density at radius 2 is 2.21 bits per heavy atom. The van der Waals surface area contributed by atoms with Crippen LogP contribution in [0.2, 0.25) is 0 Å². The Morgan fingerprint density at radius 1 is 1.42 bits per heavy atom. The average Bonchev–Trinajstić information content (AvgIpc) is 3.06. The molecule has 0 aliphatic carbocycles. The highest BCUT2D eigenvalue weighted by Crippen LogP contribution is 2.20. The summed E-state index contributed by atoms with van der Waals surface area (Å²) in [6.07, 6.45) is 1.38. The number of amides is 1. The molecule has 0 saturated heterocycles. The van der Waals surface area contributed by atoms with Crippen molar-refractivity contribution in [2.45, 2.75) is 18.6 Å². The standard InChI is InChI=1S/C17H19N3O3S/c1-12-5-3-4-6-14(12)23-9-7-19(2)15(21)13-11-18-17-20(16(13)22)8-10-24-17/h3-6,11H,7-10H2,1-2H3. The first-order chi connectivity index (χ1) is 11.6. The van der Waals surface area contributed by atoms with Crippen molar-refractivity contribution in [3.63, 3.8) is 0 Å². The van der Waals surface area contributed by atoms with Gasteiger partial charge in [-0.1, -0.05) is 30.0 Å². The van der Waals surface area contributed by atoms with E-state index >= 15 is 0 Å². The van der Waals surface area contributed by atoms with Crippen LogP contribution in [0.25, 0.3) is 0 Å². The van der Waals surface area contributed by atoms with Gasteiger partial charge in [0.15, 0.2) is 5.16 Å². The molecule has 1 aliphatic rings. The summed E-state index contributed by atoms with van der Waals surface area (Å²) in [4.78, 5) is 30.6. The number of carbonyl (C=O) groups is 1. The van der Waals surface area contributed by atoms with Gasteiger partial charge in [0.25, 0.3) is 11.5 Å². The lowest BCUT2D eigenvalue weighted by Crippen LogP contribution is -2.36. The highest BCUT2D eigenvalue weighted by atomic mass is 32.2. The van der Waals surface area contributed by atoms with E-state index in [1.165, 1.54) is 22.9 Å². The highest BCUT2D eigenvalue weighted by molar-refractivity contribution is 7.99. The van der Waals surface area contributed by atoms with E-state index in [4.69, 9.17) is 4.74 Å². The van der Waals surface area contributed by atoms with Gasteiger partial charge in [-0.3, -0.25) is 14.2 Å². The maximum absolute atomic E-state index is 12.5. The van der Waals surface area contributed by atoms with Gasteiger partial charge in [0.1, 0.15) is 17.9 Å². The van der Waals surface area contributed by atoms with Crippen molar-refractivity contribution in [1.29, 1.82) is 0 Å². The Morgan fingerprint density at radius 3 is 3.00 bits per heavy atom. The first-order valence-electron chi connectivity index (χ1n) is 7.74. The largest absolute Gasteiger partial charge is 0.491 e. The lowest BCUT2D eigenvalue weighted by molar-refractivity contribution is 0.0770. The van der Waals surface area contributed by atoms with E-state index in [2.05, 4.69) is 4.98 Å². The van der Waals surface area contributed by atoms with Crippen LogP contribution >= 0.6 is 11.8 Å². The predicted molar refractivity (Wildman–Crippen MR) is 92.9 cm³/mol. The molecule has 0 unspecified atom stereocenters. The third kappa shape index (κ3) is 3.31. The maximum Gasteiger partial charge on any atom is 0.267 e. The molecule has 6 nitrogen and oxygen atoms in total. The minimum absolute atomic E-state index is 0.111. The van der Waals surface area contributed by atoms with Crippen molar-refractivity contribution in [1.82, 2.24) is 14.5 Å². The first-order valence-corrected chi connectivity index (χ1v) is 8.73. The number of carbonyl (C=O) groups excluding carboxylic acids is 1. The van der Waals surface area contributed by atoms with Gasteiger partial charge in [0, 0.05) is 25.5 Å². The van der Waals surface area contributed by atoms with Crippen molar-refractivity contribution in [2.75, 3.05) is 26.0 Å². The fraction of sp³-hybridized carbons (Fsp3) is 0.353. The lowest BCUT2D eigenvalue weighted by Gasteiger charge is -2.18. The number of thioether (sulfide) groups is 1. The molecule has 0 fully saturated rings. The van der Waals surface area contributed by atoms with Crippen LogP contribution in [-0.2, 0) is 6.54 Å². The molecule has 1 aliphatic heterocycles. The third-order valence-electron chi connectivity index (χ3n) is 3.91. The first kappa shape index (κ1) is 16.6. The molecule has 0 saturated carbocycles. The second-order valence-corrected chi connectivity index (χ2v) is 6.66. The van der Waals surface area contributed by atoms with Gasteiger partial charge in [0.2, 0.25) is 0 Å². The van der Waals surface area contributed by atoms with Gasteiger partial charge >= 0.3 is 0 Å². The molecule has 1 aromatic carbocycles. The number of likely N-dealkylation sites (N-methyl/N-ethyl adjacent to an activating group) is 1. The van der Waals surface area contributed by atoms with Gasteiger partial charge in [-0.25, -0.2) is 4.98 Å². The molecule has 2 aromatic rings. The molecule has 126 valence electrons. The summed E-state index contributed by atoms with van der Waals surface area (Å²) in [6, 6.07) is 7.72. The summed E-state index contributed by atoms with van der Waals surface area (Å²) in [5.74, 6) is 1.29. The molecular weight excluding hydrogens is 326 g/mol. The summed E-state index contributed by atoms with van der Waals surface area (Å²) in [5.41, 5.74) is 0.895. The molecular formula is C17H19N3O3S. The van der Waals surface area contributed by atoms with Crippen LogP contribution in [0.1, 0.15) is 15.9 Å². The van der Waals surface area contributed by atoms with Crippen LogP contribution in [0.4, 0.5) is 0 Å². The Labute approximate surface area is 144 Å². The van der Waals surface area contributed by atoms with Crippen LogP contribution in [0.3, 0.4) is 0 Å². The molecule has 0 bridgehead atoms. The lowest BCUT2D eigenvalue weighted by atomic mass is 10.2. The summed E-state index contributed by atoms with van der Waals surface area (Å²) < 4.78 is 7.27. The smallest absolute Gasteiger partial charge is 0.267 e. The van der Waals surface area contributed by atoms with Crippen molar-refractivity contribution in [2.24, 2.45) is 0 Å². The van der Waals surface area contributed by atoms with E-state index in [1.54, 1.807) is 11.6 Å². The number of hydrogen-bond donors (Lipinski definition) is 0. The summed E-state index contributed by atoms with van der Waals surface area (Å²) in [5, 5.41) is 0.682. The summed E-state index contributed by atoms with van der Waals surface area (Å²) in [6.45, 7) is 3.33. The minimum Gasteiger partial charge on any atom is -0.491 e. The van der Waals surface area contributed by atoms with Crippen molar-refractivity contribution in [3.05, 3.63) is 51.9 Å². The zero-order valence-electron chi connectivity index (χ0n) is 13.7. The van der Waals surface area contributed by atoms with Crippen molar-refractivity contribution >= 4 is 17.7 Å². The Kier molecular flexibility index (Phi) is 4.89. The molecule has 2 heterocycles. The van der Waals surface area contributed by atoms with E-state index < -0.39 is 0 Å². The van der Waals surface area contributed by atoms with E-state index in [0.29, 0.717) is 24.9 Å². The molecule has 24 heavy (non-hydrogen) atoms. The average molecular weight is 345 g/mol. The number of hydrogen-bond acceptors (Lipinski definition) is 5. The number of rotatable bonds is 5. The fourth-order valence-electron chi connectivity index (χ4n) is 2.48. The van der Waals surface area contributed by atoms with Gasteiger partial charge in [-0.05, 0) is 18.6 Å². The molecule has 1 amide bonds. The number of para-hydroxylation sites is 1. The molecule has 0 N–H and O–H groups in total. The van der Waals surface area contributed by atoms with Crippen LogP contribution < -0.4 is 10.3 Å². The second kappa shape index (κ2) is 7.09. The van der Waals surface area contributed by atoms with Gasteiger partial charge in [-0.2, -0.15) is 0 Å². The SMILES string of the molecule is Cc1ccccc1OCCN(C)C(=O)c1cnc2n(c1=O)CCS2. The number of aromatic nitrogens is 2. The minimum atomic E-state index is -0.326. The second-order valence-electron chi connectivity index (χ2n) is 5.60. The molecule has 7 heteroatoms. The van der Waals surface area contributed by atoms with Crippen LogP contribution in [0, 0.1) is 6.92 Å². The predicted octanol–water partition coefficient (Wildman–Crippen LogP) is 1.81. The number of nitrogens with zero attached hydrogens (tertiary/aromatic N) is 3. The molecule has 0 atom stereocenters. The highest BCUT2D eigenvalue weighted by Gasteiger charge is 2.22. The third-order valence-corrected chi connectivity index (χ3v) is 4.88. The zero-order valence-corrected chi connectivity index (χ0v) is 14.5. The molecule has 1 aromatic heterocycles.